The lowest BCUT2D eigenvalue weighted by molar-refractivity contribution is 0.0697. The Morgan fingerprint density at radius 1 is 1.33 bits per heavy atom. The number of carboxylic acid groups (broad SMARTS) is 1. The van der Waals surface area contributed by atoms with Crippen molar-refractivity contribution in [1.82, 2.24) is 0 Å². The molecular weight excluding hydrogens is 159 g/mol. The van der Waals surface area contributed by atoms with Crippen LogP contribution in [0.2, 0.25) is 0 Å². The first-order valence-corrected chi connectivity index (χ1v) is 3.20. The van der Waals surface area contributed by atoms with E-state index >= 15 is 0 Å². The first-order valence-electron chi connectivity index (χ1n) is 3.20. The maximum Gasteiger partial charge on any atom is 0.569 e. The van der Waals surface area contributed by atoms with Gasteiger partial charge in [0.15, 0.2) is 0 Å². The molecule has 0 saturated carbocycles. The predicted molar refractivity (Wildman–Crippen MR) is 42.0 cm³/mol. The lowest BCUT2D eigenvalue weighted by Gasteiger charge is -2.00. The van der Waals surface area contributed by atoms with Crippen molar-refractivity contribution in [2.24, 2.45) is 0 Å². The van der Waals surface area contributed by atoms with Crippen LogP contribution in [0, 0.1) is 0 Å². The molecule has 0 bridgehead atoms. The Hall–Kier alpha value is -1.49. The average Bonchev–Trinajstić information content (AvgIpc) is 2.06. The van der Waals surface area contributed by atoms with Crippen molar-refractivity contribution in [3.63, 3.8) is 0 Å². The highest BCUT2D eigenvalue weighted by atomic mass is 16.5. The van der Waals surface area contributed by atoms with Crippen molar-refractivity contribution in [2.75, 3.05) is 0 Å². The Morgan fingerprint density at radius 3 is 2.33 bits per heavy atom. The van der Waals surface area contributed by atoms with Crippen molar-refractivity contribution in [2.45, 2.75) is 0 Å². The molecule has 12 heavy (non-hydrogen) atoms. The van der Waals surface area contributed by atoms with Crippen LogP contribution in [0.5, 0.6) is 5.75 Å². The third-order valence-corrected chi connectivity index (χ3v) is 1.29. The summed E-state index contributed by atoms with van der Waals surface area (Å²) in [5, 5.41) is 16.7. The Balaban J connectivity index is 2.78. The molecule has 1 radical (unpaired) electrons. The Kier molecular flexibility index (Phi) is 2.71. The predicted octanol–water partition coefficient (Wildman–Crippen LogP) is 0.290. The van der Waals surface area contributed by atoms with Gasteiger partial charge in [0.1, 0.15) is 5.75 Å². The fraction of sp³-hybridized carbons (Fsp3) is 0. The molecule has 1 rings (SSSR count). The second kappa shape index (κ2) is 3.78. The quantitative estimate of drug-likeness (QED) is 0.631. The zero-order chi connectivity index (χ0) is 8.97. The number of rotatable bonds is 3. The average molecular weight is 165 g/mol. The van der Waals surface area contributed by atoms with Crippen molar-refractivity contribution in [3.05, 3.63) is 29.8 Å². The van der Waals surface area contributed by atoms with Crippen LogP contribution in [0.3, 0.4) is 0 Å². The largest absolute Gasteiger partial charge is 0.569 e. The molecule has 0 unspecified atom stereocenters. The summed E-state index contributed by atoms with van der Waals surface area (Å²) in [7, 11) is 0.537. The van der Waals surface area contributed by atoms with E-state index in [4.69, 9.17) is 10.1 Å². The van der Waals surface area contributed by atoms with Crippen LogP contribution < -0.4 is 4.65 Å². The van der Waals surface area contributed by atoms with Gasteiger partial charge in [-0.1, -0.05) is 0 Å². The SMILES string of the molecule is O=C(O)c1ccc(O[B]O)cc1. The molecule has 5 heteroatoms. The van der Waals surface area contributed by atoms with E-state index in [9.17, 15) is 4.79 Å². The maximum atomic E-state index is 10.4. The van der Waals surface area contributed by atoms with Gasteiger partial charge in [0, 0.05) is 0 Å². The van der Waals surface area contributed by atoms with Crippen molar-refractivity contribution in [1.29, 1.82) is 0 Å². The highest BCUT2D eigenvalue weighted by molar-refractivity contribution is 6.17. The number of hydrogen-bond acceptors (Lipinski definition) is 3. The third-order valence-electron chi connectivity index (χ3n) is 1.29. The van der Waals surface area contributed by atoms with Gasteiger partial charge in [0.2, 0.25) is 0 Å². The minimum atomic E-state index is -0.991. The minimum absolute atomic E-state index is 0.181. The van der Waals surface area contributed by atoms with Crippen molar-refractivity contribution >= 4 is 13.7 Å². The lowest BCUT2D eigenvalue weighted by Crippen LogP contribution is -2.00. The molecule has 0 spiro atoms. The molecule has 61 valence electrons. The van der Waals surface area contributed by atoms with Gasteiger partial charge >= 0.3 is 13.7 Å². The number of carbonyl (C=O) groups is 1. The van der Waals surface area contributed by atoms with Crippen LogP contribution in [0.1, 0.15) is 10.4 Å². The summed E-state index contributed by atoms with van der Waals surface area (Å²) in [5.41, 5.74) is 0.181. The molecule has 2 N–H and O–H groups in total. The number of carboxylic acids is 1. The monoisotopic (exact) mass is 165 g/mol. The molecule has 0 aromatic heterocycles. The molecular formula is C7H6BO4. The topological polar surface area (TPSA) is 66.8 Å². The number of benzene rings is 1. The first kappa shape index (κ1) is 8.61. The smallest absolute Gasteiger partial charge is 0.537 e. The minimum Gasteiger partial charge on any atom is -0.537 e. The summed E-state index contributed by atoms with van der Waals surface area (Å²) in [4.78, 5) is 10.4. The molecule has 0 saturated heterocycles. The Morgan fingerprint density at radius 2 is 1.92 bits per heavy atom. The zero-order valence-corrected chi connectivity index (χ0v) is 6.10. The molecule has 1 aromatic carbocycles. The second-order valence-electron chi connectivity index (χ2n) is 2.05. The summed E-state index contributed by atoms with van der Waals surface area (Å²) in [6, 6.07) is 5.69. The van der Waals surface area contributed by atoms with E-state index in [-0.39, 0.29) is 5.56 Å². The fourth-order valence-electron chi connectivity index (χ4n) is 0.737. The normalized spacial score (nSPS) is 9.08. The summed E-state index contributed by atoms with van der Waals surface area (Å²) in [5.74, 6) is -0.600. The van der Waals surface area contributed by atoms with Crippen molar-refractivity contribution in [3.8, 4) is 5.75 Å². The van der Waals surface area contributed by atoms with Crippen LogP contribution in [0.4, 0.5) is 0 Å². The molecule has 0 aliphatic rings. The van der Waals surface area contributed by atoms with Crippen LogP contribution in [-0.4, -0.2) is 23.8 Å². The summed E-state index contributed by atoms with van der Waals surface area (Å²) < 4.78 is 4.58. The van der Waals surface area contributed by atoms with Crippen LogP contribution in [-0.2, 0) is 0 Å². The maximum absolute atomic E-state index is 10.4. The molecule has 0 aliphatic carbocycles. The number of aromatic carboxylic acids is 1. The van der Waals surface area contributed by atoms with Crippen LogP contribution >= 0.6 is 0 Å². The van der Waals surface area contributed by atoms with E-state index in [0.29, 0.717) is 13.4 Å². The molecule has 0 amide bonds. The van der Waals surface area contributed by atoms with Gasteiger partial charge in [-0.05, 0) is 24.3 Å². The van der Waals surface area contributed by atoms with E-state index in [1.807, 2.05) is 0 Å². The number of hydrogen-bond donors (Lipinski definition) is 2. The summed E-state index contributed by atoms with van der Waals surface area (Å²) in [6.07, 6.45) is 0. The Labute approximate surface area is 69.7 Å². The second-order valence-corrected chi connectivity index (χ2v) is 2.05. The van der Waals surface area contributed by atoms with Gasteiger partial charge in [0.25, 0.3) is 0 Å². The molecule has 1 aromatic rings. The van der Waals surface area contributed by atoms with Gasteiger partial charge < -0.3 is 14.8 Å². The molecule has 0 atom stereocenters. The van der Waals surface area contributed by atoms with E-state index < -0.39 is 5.97 Å². The molecule has 4 nitrogen and oxygen atoms in total. The van der Waals surface area contributed by atoms with Gasteiger partial charge in [-0.3, -0.25) is 0 Å². The van der Waals surface area contributed by atoms with E-state index in [0.717, 1.165) is 0 Å². The fourth-order valence-corrected chi connectivity index (χ4v) is 0.737. The van der Waals surface area contributed by atoms with E-state index in [1.165, 1.54) is 24.3 Å². The highest BCUT2D eigenvalue weighted by Gasteiger charge is 2.01. The Bertz CT molecular complexity index is 269. The standard InChI is InChI=1S/C7H6BO4/c9-7(10)5-1-3-6(4-2-5)12-8-11/h1-4,11H,(H,9,10). The summed E-state index contributed by atoms with van der Waals surface area (Å²) in [6.45, 7) is 0. The molecule has 0 aliphatic heterocycles. The van der Waals surface area contributed by atoms with Crippen LogP contribution in [0.15, 0.2) is 24.3 Å². The summed E-state index contributed by atoms with van der Waals surface area (Å²) >= 11 is 0. The van der Waals surface area contributed by atoms with Gasteiger partial charge in [-0.25, -0.2) is 4.79 Å². The van der Waals surface area contributed by atoms with E-state index in [1.54, 1.807) is 0 Å². The lowest BCUT2D eigenvalue weighted by atomic mass is 10.2. The third kappa shape index (κ3) is 2.00. The van der Waals surface area contributed by atoms with Gasteiger partial charge in [-0.15, -0.1) is 0 Å². The van der Waals surface area contributed by atoms with Gasteiger partial charge in [0.05, 0.1) is 5.56 Å². The first-order chi connectivity index (χ1) is 5.74. The highest BCUT2D eigenvalue weighted by Crippen LogP contribution is 2.10. The molecule has 0 fully saturated rings. The van der Waals surface area contributed by atoms with E-state index in [2.05, 4.69) is 4.65 Å². The van der Waals surface area contributed by atoms with Crippen LogP contribution in [0.25, 0.3) is 0 Å². The molecule has 0 heterocycles. The van der Waals surface area contributed by atoms with Gasteiger partial charge in [-0.2, -0.15) is 0 Å². The van der Waals surface area contributed by atoms with Crippen molar-refractivity contribution < 1.29 is 19.6 Å². The zero-order valence-electron chi connectivity index (χ0n) is 6.10.